The number of hydrogen-bond donors (Lipinski definition) is 2. The maximum Gasteiger partial charge on any atom is 0.407 e. The van der Waals surface area contributed by atoms with Gasteiger partial charge in [0.25, 0.3) is 0 Å². The molecule has 2 unspecified atom stereocenters. The number of methoxy groups -OCH3 is 1. The number of hydrogen-bond acceptors (Lipinski definition) is 4. The lowest BCUT2D eigenvalue weighted by Crippen LogP contribution is -2.51. The predicted molar refractivity (Wildman–Crippen MR) is 131 cm³/mol. The topological polar surface area (TPSA) is 87.3 Å². The fourth-order valence-electron chi connectivity index (χ4n) is 4.79. The van der Waals surface area contributed by atoms with Crippen LogP contribution in [0.5, 0.6) is 0 Å². The third kappa shape index (κ3) is 4.71. The second kappa shape index (κ2) is 9.33. The van der Waals surface area contributed by atoms with E-state index in [2.05, 4.69) is 74.6 Å². The van der Waals surface area contributed by atoms with Gasteiger partial charge in [-0.2, -0.15) is 0 Å². The Kier molecular flexibility index (Phi) is 6.66. The van der Waals surface area contributed by atoms with E-state index < -0.39 is 12.1 Å². The molecular weight excluding hydrogens is 484 g/mol. The number of likely N-dealkylation sites (tertiary alicyclic amines) is 1. The lowest BCUT2D eigenvalue weighted by atomic mass is 9.70. The van der Waals surface area contributed by atoms with Crippen molar-refractivity contribution in [2.45, 2.75) is 45.7 Å². The van der Waals surface area contributed by atoms with Gasteiger partial charge in [-0.3, -0.25) is 4.79 Å². The summed E-state index contributed by atoms with van der Waals surface area (Å²) in [7, 11) is 1.30. The molecule has 0 radical (unpaired) electrons. The number of aromatic nitrogens is 2. The zero-order valence-electron chi connectivity index (χ0n) is 19.5. The summed E-state index contributed by atoms with van der Waals surface area (Å²) in [5.41, 5.74) is 1.94. The number of alkyl carbamates (subject to hydrolysis) is 1. The van der Waals surface area contributed by atoms with Crippen LogP contribution >= 0.6 is 15.9 Å². The number of allylic oxidation sites excluding steroid dienone is 8. The lowest BCUT2D eigenvalue weighted by molar-refractivity contribution is -0.135. The highest BCUT2D eigenvalue weighted by molar-refractivity contribution is 9.11. The molecular formula is C25H31BrN4O3. The van der Waals surface area contributed by atoms with Crippen molar-refractivity contribution in [2.75, 3.05) is 13.7 Å². The van der Waals surface area contributed by atoms with Crippen molar-refractivity contribution in [3.63, 3.8) is 0 Å². The van der Waals surface area contributed by atoms with Gasteiger partial charge in [0.1, 0.15) is 11.9 Å². The molecule has 3 aliphatic rings. The van der Waals surface area contributed by atoms with Gasteiger partial charge in [-0.15, -0.1) is 0 Å². The normalized spacial score (nSPS) is 27.2. The summed E-state index contributed by atoms with van der Waals surface area (Å²) in [4.78, 5) is 35.1. The van der Waals surface area contributed by atoms with Gasteiger partial charge in [0.2, 0.25) is 5.91 Å². The summed E-state index contributed by atoms with van der Waals surface area (Å²) in [6.45, 7) is 6.69. The van der Waals surface area contributed by atoms with Crippen molar-refractivity contribution in [3.8, 4) is 0 Å². The van der Waals surface area contributed by atoms with E-state index in [0.29, 0.717) is 12.5 Å². The van der Waals surface area contributed by atoms with Crippen LogP contribution in [0.1, 0.15) is 51.2 Å². The Labute approximate surface area is 203 Å². The molecule has 0 spiro atoms. The second-order valence-corrected chi connectivity index (χ2v) is 10.4. The number of carbonyl (C=O) groups is 2. The van der Waals surface area contributed by atoms with Crippen LogP contribution in [0.2, 0.25) is 0 Å². The fourth-order valence-corrected chi connectivity index (χ4v) is 5.20. The van der Waals surface area contributed by atoms with Crippen LogP contribution in [0.3, 0.4) is 0 Å². The molecule has 1 saturated heterocycles. The van der Waals surface area contributed by atoms with E-state index in [0.717, 1.165) is 34.4 Å². The predicted octanol–water partition coefficient (Wildman–Crippen LogP) is 4.88. The lowest BCUT2D eigenvalue weighted by Gasteiger charge is -2.34. The van der Waals surface area contributed by atoms with Crippen molar-refractivity contribution in [2.24, 2.45) is 17.3 Å². The van der Waals surface area contributed by atoms with E-state index in [-0.39, 0.29) is 23.3 Å². The van der Waals surface area contributed by atoms with E-state index in [1.807, 2.05) is 24.9 Å². The van der Waals surface area contributed by atoms with Crippen LogP contribution in [0, 0.1) is 17.3 Å². The molecule has 4 atom stereocenters. The molecule has 1 aromatic heterocycles. The fraction of sp³-hybridized carbons (Fsp3) is 0.480. The number of nitrogens with zero attached hydrogens (tertiary/aromatic N) is 2. The summed E-state index contributed by atoms with van der Waals surface area (Å²) in [6, 6.07) is -0.782. The van der Waals surface area contributed by atoms with Crippen LogP contribution in [-0.2, 0) is 9.53 Å². The van der Waals surface area contributed by atoms with E-state index in [1.54, 1.807) is 0 Å². The molecule has 176 valence electrons. The SMILES string of the molecule is COC(=O)N[C@H](C(=O)N1CCC[C@H]1c1ncc(C2=CC3(C)C=CC(Br)=CC3C=C2)[nH]1)C(C)C. The first-order chi connectivity index (χ1) is 15.7. The van der Waals surface area contributed by atoms with Gasteiger partial charge in [-0.1, -0.05) is 73.2 Å². The van der Waals surface area contributed by atoms with Crippen molar-refractivity contribution in [1.29, 1.82) is 0 Å². The molecule has 1 aromatic rings. The molecule has 1 aliphatic heterocycles. The van der Waals surface area contributed by atoms with Crippen LogP contribution in [0.25, 0.3) is 5.57 Å². The molecule has 2 N–H and O–H groups in total. The van der Waals surface area contributed by atoms with Crippen LogP contribution in [-0.4, -0.2) is 46.6 Å². The molecule has 1 fully saturated rings. The minimum Gasteiger partial charge on any atom is -0.453 e. The summed E-state index contributed by atoms with van der Waals surface area (Å²) < 4.78 is 5.81. The van der Waals surface area contributed by atoms with Crippen molar-refractivity contribution in [1.82, 2.24) is 20.2 Å². The minimum absolute atomic E-state index is 0.0612. The first-order valence-corrected chi connectivity index (χ1v) is 12.2. The maximum absolute atomic E-state index is 13.3. The second-order valence-electron chi connectivity index (χ2n) is 9.46. The molecule has 0 saturated carbocycles. The molecule has 2 heterocycles. The third-order valence-corrected chi connectivity index (χ3v) is 7.29. The molecule has 2 amide bonds. The first-order valence-electron chi connectivity index (χ1n) is 11.4. The zero-order valence-corrected chi connectivity index (χ0v) is 21.1. The maximum atomic E-state index is 13.3. The number of rotatable bonds is 5. The average Bonchev–Trinajstić information content (AvgIpc) is 3.46. The van der Waals surface area contributed by atoms with Gasteiger partial charge < -0.3 is 19.9 Å². The van der Waals surface area contributed by atoms with Gasteiger partial charge in [-0.25, -0.2) is 9.78 Å². The quantitative estimate of drug-likeness (QED) is 0.586. The highest BCUT2D eigenvalue weighted by Crippen LogP contribution is 2.43. The van der Waals surface area contributed by atoms with Gasteiger partial charge in [-0.05, 0) is 24.3 Å². The highest BCUT2D eigenvalue weighted by atomic mass is 79.9. The molecule has 4 rings (SSSR count). The molecule has 8 heteroatoms. The molecule has 7 nitrogen and oxygen atoms in total. The zero-order chi connectivity index (χ0) is 23.8. The van der Waals surface area contributed by atoms with Crippen molar-refractivity contribution in [3.05, 3.63) is 58.7 Å². The van der Waals surface area contributed by atoms with Crippen molar-refractivity contribution < 1.29 is 14.3 Å². The number of carbonyl (C=O) groups excluding carboxylic acids is 2. The Bertz CT molecular complexity index is 1050. The first kappa shape index (κ1) is 23.5. The number of H-pyrrole nitrogens is 1. The van der Waals surface area contributed by atoms with Crippen LogP contribution in [0.4, 0.5) is 4.79 Å². The molecule has 33 heavy (non-hydrogen) atoms. The smallest absolute Gasteiger partial charge is 0.407 e. The number of imidazole rings is 1. The Morgan fingerprint density at radius 1 is 1.36 bits per heavy atom. The number of nitrogens with one attached hydrogen (secondary N) is 2. The van der Waals surface area contributed by atoms with E-state index in [1.165, 1.54) is 7.11 Å². The van der Waals surface area contributed by atoms with Crippen LogP contribution < -0.4 is 5.32 Å². The van der Waals surface area contributed by atoms with Gasteiger partial charge in [0, 0.05) is 22.4 Å². The van der Waals surface area contributed by atoms with E-state index in [9.17, 15) is 9.59 Å². The summed E-state index contributed by atoms with van der Waals surface area (Å²) in [5.74, 6) is 0.919. The summed E-state index contributed by atoms with van der Waals surface area (Å²) in [6.07, 6.45) is 16.1. The Morgan fingerprint density at radius 2 is 2.15 bits per heavy atom. The molecule has 0 aromatic carbocycles. The number of ether oxygens (including phenoxy) is 1. The highest BCUT2D eigenvalue weighted by Gasteiger charge is 2.38. The van der Waals surface area contributed by atoms with Gasteiger partial charge in [0.15, 0.2) is 0 Å². The summed E-state index contributed by atoms with van der Waals surface area (Å²) >= 11 is 3.57. The number of fused-ring (bicyclic) bond motifs is 1. The van der Waals surface area contributed by atoms with Crippen LogP contribution in [0.15, 0.2) is 47.1 Å². The number of aromatic amines is 1. The van der Waals surface area contributed by atoms with E-state index in [4.69, 9.17) is 4.74 Å². The molecule has 0 bridgehead atoms. The summed E-state index contributed by atoms with van der Waals surface area (Å²) in [5, 5.41) is 2.69. The Morgan fingerprint density at radius 3 is 2.88 bits per heavy atom. The average molecular weight is 515 g/mol. The standard InChI is InChI=1S/C25H31BrN4O3/c1-15(2)21(29-24(32)33-4)23(31)30-11-5-6-20(30)22-27-14-19(28-22)16-7-8-17-12-18(26)9-10-25(17,3)13-16/h7-10,12-15,17,20-21H,5-6,11H2,1-4H3,(H,27,28)(H,29,32)/t17?,20-,21-,25?/m0/s1. The minimum atomic E-state index is -0.640. The monoisotopic (exact) mass is 514 g/mol. The molecule has 2 aliphatic carbocycles. The van der Waals surface area contributed by atoms with Gasteiger partial charge in [0.05, 0.1) is 25.0 Å². The third-order valence-electron chi connectivity index (χ3n) is 6.76. The van der Waals surface area contributed by atoms with Gasteiger partial charge >= 0.3 is 6.09 Å². The number of halogens is 1. The Balaban J connectivity index is 1.54. The largest absolute Gasteiger partial charge is 0.453 e. The Hall–Kier alpha value is -2.61. The van der Waals surface area contributed by atoms with E-state index >= 15 is 0 Å². The van der Waals surface area contributed by atoms with Crippen molar-refractivity contribution >= 4 is 33.5 Å². The number of amides is 2.